The van der Waals surface area contributed by atoms with Crippen LogP contribution in [0, 0.1) is 0 Å². The van der Waals surface area contributed by atoms with Crippen LogP contribution in [0.2, 0.25) is 0 Å². The highest BCUT2D eigenvalue weighted by atomic mass is 16.2. The first-order valence-corrected chi connectivity index (χ1v) is 10.7. The highest BCUT2D eigenvalue weighted by Gasteiger charge is 2.34. The Morgan fingerprint density at radius 2 is 1.17 bits per heavy atom. The summed E-state index contributed by atoms with van der Waals surface area (Å²) in [4.78, 5) is 31.2. The number of benzene rings is 2. The lowest BCUT2D eigenvalue weighted by Crippen LogP contribution is -2.46. The van der Waals surface area contributed by atoms with Crippen molar-refractivity contribution >= 4 is 11.8 Å². The number of imide groups is 1. The maximum Gasteiger partial charge on any atom is 0.261 e. The van der Waals surface area contributed by atoms with E-state index in [0.29, 0.717) is 17.7 Å². The quantitative estimate of drug-likeness (QED) is 0.512. The van der Waals surface area contributed by atoms with Gasteiger partial charge in [-0.2, -0.15) is 0 Å². The Labute approximate surface area is 172 Å². The van der Waals surface area contributed by atoms with E-state index in [1.807, 2.05) is 12.1 Å². The van der Waals surface area contributed by atoms with Gasteiger partial charge in [0.05, 0.1) is 11.1 Å². The van der Waals surface area contributed by atoms with E-state index in [1.165, 1.54) is 10.5 Å². The zero-order valence-corrected chi connectivity index (χ0v) is 16.9. The molecule has 1 fully saturated rings. The Morgan fingerprint density at radius 1 is 0.621 bits per heavy atom. The highest BCUT2D eigenvalue weighted by molar-refractivity contribution is 6.21. The number of fused-ring (bicyclic) bond motifs is 1. The van der Waals surface area contributed by atoms with Crippen LogP contribution < -0.4 is 0 Å². The summed E-state index contributed by atoms with van der Waals surface area (Å²) < 4.78 is 0. The first-order valence-electron chi connectivity index (χ1n) is 10.7. The van der Waals surface area contributed by atoms with Crippen LogP contribution in [0.5, 0.6) is 0 Å². The molecule has 5 nitrogen and oxygen atoms in total. The van der Waals surface area contributed by atoms with Gasteiger partial charge in [0, 0.05) is 39.3 Å². The van der Waals surface area contributed by atoms with Crippen LogP contribution in [0.1, 0.15) is 45.5 Å². The van der Waals surface area contributed by atoms with Crippen molar-refractivity contribution in [3.63, 3.8) is 0 Å². The van der Waals surface area contributed by atoms with Crippen molar-refractivity contribution < 1.29 is 9.59 Å². The molecule has 0 spiro atoms. The second kappa shape index (κ2) is 9.33. The molecular formula is C24H29N3O2. The van der Waals surface area contributed by atoms with Crippen molar-refractivity contribution in [2.75, 3.05) is 39.3 Å². The molecule has 1 saturated heterocycles. The number of carbonyl (C=O) groups is 2. The Hall–Kier alpha value is -2.50. The molecule has 0 radical (unpaired) electrons. The molecule has 2 aliphatic rings. The molecule has 0 aliphatic carbocycles. The van der Waals surface area contributed by atoms with Gasteiger partial charge in [-0.1, -0.05) is 48.9 Å². The number of hydrogen-bond donors (Lipinski definition) is 0. The van der Waals surface area contributed by atoms with Gasteiger partial charge < -0.3 is 4.90 Å². The number of nitrogens with zero attached hydrogens (tertiary/aromatic N) is 3. The van der Waals surface area contributed by atoms with Gasteiger partial charge in [-0.05, 0) is 37.1 Å². The normalized spacial score (nSPS) is 17.7. The van der Waals surface area contributed by atoms with Gasteiger partial charge in [-0.15, -0.1) is 0 Å². The third-order valence-electron chi connectivity index (χ3n) is 5.95. The van der Waals surface area contributed by atoms with Gasteiger partial charge in [0.1, 0.15) is 0 Å². The highest BCUT2D eigenvalue weighted by Crippen LogP contribution is 2.22. The molecule has 2 amide bonds. The van der Waals surface area contributed by atoms with Crippen molar-refractivity contribution in [2.24, 2.45) is 0 Å². The van der Waals surface area contributed by atoms with E-state index in [4.69, 9.17) is 0 Å². The number of amides is 2. The molecule has 2 heterocycles. The van der Waals surface area contributed by atoms with Crippen LogP contribution >= 0.6 is 0 Å². The Balaban J connectivity index is 1.12. The summed E-state index contributed by atoms with van der Waals surface area (Å²) in [7, 11) is 0. The van der Waals surface area contributed by atoms with Gasteiger partial charge in [0.15, 0.2) is 0 Å². The number of carbonyl (C=O) groups excluding carboxylic acids is 2. The summed E-state index contributed by atoms with van der Waals surface area (Å²) in [6.45, 7) is 7.12. The molecule has 0 unspecified atom stereocenters. The van der Waals surface area contributed by atoms with E-state index in [-0.39, 0.29) is 11.8 Å². The van der Waals surface area contributed by atoms with Crippen LogP contribution in [0.3, 0.4) is 0 Å². The van der Waals surface area contributed by atoms with E-state index in [1.54, 1.807) is 12.1 Å². The van der Waals surface area contributed by atoms with Crippen LogP contribution in [0.15, 0.2) is 54.6 Å². The lowest BCUT2D eigenvalue weighted by molar-refractivity contribution is 0.0650. The standard InChI is InChI=1S/C24H29N3O2/c28-23-21-11-5-6-12-22(21)24(29)27(23)14-8-2-7-13-25-15-17-26(18-16-25)19-20-9-3-1-4-10-20/h1,3-6,9-12H,2,7-8,13-19H2. The predicted molar refractivity (Wildman–Crippen MR) is 114 cm³/mol. The SMILES string of the molecule is O=C1c2ccccc2C(=O)N1CCCCCN1CCN(Cc2ccccc2)CC1. The number of piperazine rings is 1. The first kappa shape index (κ1) is 19.8. The maximum absolute atomic E-state index is 12.4. The average Bonchev–Trinajstić information content (AvgIpc) is 3.00. The molecule has 2 aromatic rings. The number of rotatable bonds is 8. The van der Waals surface area contributed by atoms with Crippen LogP contribution in [0.4, 0.5) is 0 Å². The van der Waals surface area contributed by atoms with Crippen molar-refractivity contribution in [1.29, 1.82) is 0 Å². The maximum atomic E-state index is 12.4. The van der Waals surface area contributed by atoms with Crippen LogP contribution in [-0.4, -0.2) is 65.8 Å². The molecule has 0 N–H and O–H groups in total. The molecule has 0 bridgehead atoms. The third kappa shape index (κ3) is 4.74. The summed E-state index contributed by atoms with van der Waals surface area (Å²) in [5, 5.41) is 0. The lowest BCUT2D eigenvalue weighted by atomic mass is 10.1. The minimum absolute atomic E-state index is 0.139. The zero-order valence-electron chi connectivity index (χ0n) is 16.9. The van der Waals surface area contributed by atoms with Gasteiger partial charge in [-0.25, -0.2) is 0 Å². The monoisotopic (exact) mass is 391 g/mol. The van der Waals surface area contributed by atoms with E-state index in [9.17, 15) is 9.59 Å². The van der Waals surface area contributed by atoms with Gasteiger partial charge in [-0.3, -0.25) is 19.4 Å². The van der Waals surface area contributed by atoms with Crippen molar-refractivity contribution in [2.45, 2.75) is 25.8 Å². The molecule has 2 aliphatic heterocycles. The minimum Gasteiger partial charge on any atom is -0.301 e. The summed E-state index contributed by atoms with van der Waals surface area (Å²) in [6.07, 6.45) is 3.03. The zero-order chi connectivity index (χ0) is 20.1. The fourth-order valence-corrected chi connectivity index (χ4v) is 4.24. The second-order valence-corrected chi connectivity index (χ2v) is 7.97. The molecule has 152 valence electrons. The number of unbranched alkanes of at least 4 members (excludes halogenated alkanes) is 2. The van der Waals surface area contributed by atoms with E-state index >= 15 is 0 Å². The van der Waals surface area contributed by atoms with E-state index < -0.39 is 0 Å². The topological polar surface area (TPSA) is 43.9 Å². The first-order chi connectivity index (χ1) is 14.2. The molecule has 2 aromatic carbocycles. The molecule has 0 saturated carbocycles. The van der Waals surface area contributed by atoms with Gasteiger partial charge >= 0.3 is 0 Å². The van der Waals surface area contributed by atoms with E-state index in [0.717, 1.165) is 58.5 Å². The Morgan fingerprint density at radius 3 is 1.83 bits per heavy atom. The van der Waals surface area contributed by atoms with Crippen molar-refractivity contribution in [1.82, 2.24) is 14.7 Å². The minimum atomic E-state index is -0.139. The summed E-state index contributed by atoms with van der Waals surface area (Å²) >= 11 is 0. The van der Waals surface area contributed by atoms with Crippen LogP contribution in [-0.2, 0) is 6.54 Å². The summed E-state index contributed by atoms with van der Waals surface area (Å²) in [6, 6.07) is 17.8. The fourth-order valence-electron chi connectivity index (χ4n) is 4.24. The average molecular weight is 392 g/mol. The van der Waals surface area contributed by atoms with Crippen molar-refractivity contribution in [3.05, 3.63) is 71.3 Å². The van der Waals surface area contributed by atoms with E-state index in [2.05, 4.69) is 40.1 Å². The third-order valence-corrected chi connectivity index (χ3v) is 5.95. The Bertz CT molecular complexity index is 809. The molecule has 4 rings (SSSR count). The van der Waals surface area contributed by atoms with Crippen molar-refractivity contribution in [3.8, 4) is 0 Å². The molecule has 5 heteroatoms. The summed E-state index contributed by atoms with van der Waals surface area (Å²) in [5.41, 5.74) is 2.48. The van der Waals surface area contributed by atoms with Gasteiger partial charge in [0.2, 0.25) is 0 Å². The summed E-state index contributed by atoms with van der Waals surface area (Å²) in [5.74, 6) is -0.278. The Kier molecular flexibility index (Phi) is 6.37. The molecule has 0 atom stereocenters. The lowest BCUT2D eigenvalue weighted by Gasteiger charge is -2.34. The molecule has 0 aromatic heterocycles. The fraction of sp³-hybridized carbons (Fsp3) is 0.417. The largest absolute Gasteiger partial charge is 0.301 e. The second-order valence-electron chi connectivity index (χ2n) is 7.97. The smallest absolute Gasteiger partial charge is 0.261 e. The molecular weight excluding hydrogens is 362 g/mol. The van der Waals surface area contributed by atoms with Gasteiger partial charge in [0.25, 0.3) is 11.8 Å². The molecule has 29 heavy (non-hydrogen) atoms. The predicted octanol–water partition coefficient (Wildman–Crippen LogP) is 3.27. The number of hydrogen-bond acceptors (Lipinski definition) is 4. The van der Waals surface area contributed by atoms with Crippen LogP contribution in [0.25, 0.3) is 0 Å².